The van der Waals surface area contributed by atoms with E-state index in [1.165, 1.54) is 0 Å². The predicted molar refractivity (Wildman–Crippen MR) is 91.2 cm³/mol. The molecule has 2 N–H and O–H groups in total. The average Bonchev–Trinajstić information content (AvgIpc) is 2.46. The van der Waals surface area contributed by atoms with E-state index in [4.69, 9.17) is 0 Å². The van der Waals surface area contributed by atoms with Crippen LogP contribution in [0.2, 0.25) is 0 Å². The number of hydrogen-bond donors (Lipinski definition) is 2. The van der Waals surface area contributed by atoms with Crippen LogP contribution in [0.1, 0.15) is 45.0 Å². The van der Waals surface area contributed by atoms with E-state index in [0.717, 1.165) is 55.4 Å². The Morgan fingerprint density at radius 2 is 1.86 bits per heavy atom. The maximum Gasteiger partial charge on any atom is 0.134 e. The molecule has 0 saturated heterocycles. The second-order valence-electron chi connectivity index (χ2n) is 5.82. The van der Waals surface area contributed by atoms with Crippen molar-refractivity contribution < 1.29 is 0 Å². The lowest BCUT2D eigenvalue weighted by Crippen LogP contribution is -2.28. The SMILES string of the molecule is CCCc1nc(NC)c(C)c(NCCCN(C)C(C)C)n1. The predicted octanol–water partition coefficient (Wildman–Crippen LogP) is 2.92. The molecule has 1 aromatic heterocycles. The van der Waals surface area contributed by atoms with E-state index in [9.17, 15) is 0 Å². The van der Waals surface area contributed by atoms with Gasteiger partial charge in [-0.3, -0.25) is 0 Å². The monoisotopic (exact) mass is 293 g/mol. The quantitative estimate of drug-likeness (QED) is 0.686. The number of aryl methyl sites for hydroxylation is 1. The maximum atomic E-state index is 4.65. The van der Waals surface area contributed by atoms with Gasteiger partial charge in [0.1, 0.15) is 17.5 Å². The third-order valence-corrected chi connectivity index (χ3v) is 3.76. The second kappa shape index (κ2) is 8.82. The Labute approximate surface area is 129 Å². The molecule has 5 nitrogen and oxygen atoms in total. The van der Waals surface area contributed by atoms with Crippen molar-refractivity contribution in [2.45, 2.75) is 53.0 Å². The van der Waals surface area contributed by atoms with Crippen LogP contribution >= 0.6 is 0 Å². The summed E-state index contributed by atoms with van der Waals surface area (Å²) in [6.45, 7) is 10.7. The van der Waals surface area contributed by atoms with E-state index in [1.54, 1.807) is 0 Å². The summed E-state index contributed by atoms with van der Waals surface area (Å²) in [5.74, 6) is 2.80. The number of anilines is 2. The van der Waals surface area contributed by atoms with Crippen LogP contribution in [0.25, 0.3) is 0 Å². The van der Waals surface area contributed by atoms with Gasteiger partial charge in [0.05, 0.1) is 0 Å². The first-order chi connectivity index (χ1) is 9.99. The summed E-state index contributed by atoms with van der Waals surface area (Å²) in [4.78, 5) is 11.6. The van der Waals surface area contributed by atoms with Crippen molar-refractivity contribution in [3.8, 4) is 0 Å². The second-order valence-corrected chi connectivity index (χ2v) is 5.82. The third kappa shape index (κ3) is 5.50. The van der Waals surface area contributed by atoms with Gasteiger partial charge in [-0.25, -0.2) is 9.97 Å². The summed E-state index contributed by atoms with van der Waals surface area (Å²) in [7, 11) is 4.07. The zero-order valence-corrected chi connectivity index (χ0v) is 14.5. The zero-order valence-electron chi connectivity index (χ0n) is 14.5. The summed E-state index contributed by atoms with van der Waals surface area (Å²) in [6, 6.07) is 0.595. The Morgan fingerprint density at radius 1 is 1.19 bits per heavy atom. The molecule has 0 aliphatic heterocycles. The van der Waals surface area contributed by atoms with Crippen molar-refractivity contribution in [2.75, 3.05) is 37.8 Å². The van der Waals surface area contributed by atoms with Crippen molar-refractivity contribution >= 4 is 11.6 Å². The van der Waals surface area contributed by atoms with Crippen LogP contribution in [0.15, 0.2) is 0 Å². The van der Waals surface area contributed by atoms with Crippen molar-refractivity contribution in [3.05, 3.63) is 11.4 Å². The summed E-state index contributed by atoms with van der Waals surface area (Å²) in [6.07, 6.45) is 3.08. The number of rotatable bonds is 9. The van der Waals surface area contributed by atoms with E-state index in [-0.39, 0.29) is 0 Å². The van der Waals surface area contributed by atoms with Crippen LogP contribution in [-0.2, 0) is 6.42 Å². The first kappa shape index (κ1) is 17.7. The molecule has 0 atom stereocenters. The fourth-order valence-corrected chi connectivity index (χ4v) is 2.11. The highest BCUT2D eigenvalue weighted by atomic mass is 15.1. The molecule has 1 aromatic rings. The fraction of sp³-hybridized carbons (Fsp3) is 0.750. The van der Waals surface area contributed by atoms with Gasteiger partial charge in [0.15, 0.2) is 0 Å². The van der Waals surface area contributed by atoms with Crippen molar-refractivity contribution in [1.82, 2.24) is 14.9 Å². The largest absolute Gasteiger partial charge is 0.373 e. The van der Waals surface area contributed by atoms with Gasteiger partial charge >= 0.3 is 0 Å². The number of nitrogens with zero attached hydrogens (tertiary/aromatic N) is 3. The Kier molecular flexibility index (Phi) is 7.43. The lowest BCUT2D eigenvalue weighted by molar-refractivity contribution is 0.273. The summed E-state index contributed by atoms with van der Waals surface area (Å²) < 4.78 is 0. The average molecular weight is 293 g/mol. The summed E-state index contributed by atoms with van der Waals surface area (Å²) >= 11 is 0. The molecule has 21 heavy (non-hydrogen) atoms. The van der Waals surface area contributed by atoms with Gasteiger partial charge in [-0.05, 0) is 47.2 Å². The number of aromatic nitrogens is 2. The van der Waals surface area contributed by atoms with Crippen LogP contribution in [0.3, 0.4) is 0 Å². The molecule has 1 rings (SSSR count). The van der Waals surface area contributed by atoms with Gasteiger partial charge < -0.3 is 15.5 Å². The lowest BCUT2D eigenvalue weighted by Gasteiger charge is -2.21. The molecule has 0 fully saturated rings. The fourth-order valence-electron chi connectivity index (χ4n) is 2.11. The minimum absolute atomic E-state index is 0.595. The van der Waals surface area contributed by atoms with Gasteiger partial charge in [0.25, 0.3) is 0 Å². The highest BCUT2D eigenvalue weighted by Gasteiger charge is 2.09. The van der Waals surface area contributed by atoms with Crippen LogP contribution in [0.5, 0.6) is 0 Å². The van der Waals surface area contributed by atoms with Crippen molar-refractivity contribution in [3.63, 3.8) is 0 Å². The van der Waals surface area contributed by atoms with Crippen LogP contribution in [0, 0.1) is 6.92 Å². The maximum absolute atomic E-state index is 4.65. The Morgan fingerprint density at radius 3 is 2.43 bits per heavy atom. The van der Waals surface area contributed by atoms with Gasteiger partial charge in [0.2, 0.25) is 0 Å². The molecular formula is C16H31N5. The molecule has 0 aliphatic carbocycles. The van der Waals surface area contributed by atoms with Gasteiger partial charge in [0, 0.05) is 31.6 Å². The molecule has 0 spiro atoms. The normalized spacial score (nSPS) is 11.2. The topological polar surface area (TPSA) is 53.1 Å². The van der Waals surface area contributed by atoms with E-state index in [2.05, 4.69) is 60.2 Å². The van der Waals surface area contributed by atoms with Crippen molar-refractivity contribution in [2.24, 2.45) is 0 Å². The van der Waals surface area contributed by atoms with Gasteiger partial charge in [-0.15, -0.1) is 0 Å². The molecule has 5 heteroatoms. The number of hydrogen-bond acceptors (Lipinski definition) is 5. The molecule has 0 amide bonds. The highest BCUT2D eigenvalue weighted by molar-refractivity contribution is 5.56. The van der Waals surface area contributed by atoms with E-state index in [0.29, 0.717) is 6.04 Å². The first-order valence-electron chi connectivity index (χ1n) is 7.98. The molecular weight excluding hydrogens is 262 g/mol. The molecule has 0 bridgehead atoms. The van der Waals surface area contributed by atoms with Crippen LogP contribution in [0.4, 0.5) is 11.6 Å². The Balaban J connectivity index is 2.63. The summed E-state index contributed by atoms with van der Waals surface area (Å²) in [5, 5.41) is 6.62. The van der Waals surface area contributed by atoms with Gasteiger partial charge in [-0.2, -0.15) is 0 Å². The Hall–Kier alpha value is -1.36. The molecule has 0 radical (unpaired) electrons. The molecule has 0 unspecified atom stereocenters. The highest BCUT2D eigenvalue weighted by Crippen LogP contribution is 2.20. The lowest BCUT2D eigenvalue weighted by atomic mass is 10.2. The molecule has 0 aliphatic rings. The Bertz CT molecular complexity index is 431. The smallest absolute Gasteiger partial charge is 0.134 e. The minimum Gasteiger partial charge on any atom is -0.373 e. The third-order valence-electron chi connectivity index (χ3n) is 3.76. The van der Waals surface area contributed by atoms with Crippen LogP contribution in [-0.4, -0.2) is 48.1 Å². The van der Waals surface area contributed by atoms with Gasteiger partial charge in [-0.1, -0.05) is 6.92 Å². The van der Waals surface area contributed by atoms with Crippen LogP contribution < -0.4 is 10.6 Å². The van der Waals surface area contributed by atoms with Crippen molar-refractivity contribution in [1.29, 1.82) is 0 Å². The van der Waals surface area contributed by atoms with E-state index >= 15 is 0 Å². The minimum atomic E-state index is 0.595. The van der Waals surface area contributed by atoms with E-state index in [1.807, 2.05) is 7.05 Å². The zero-order chi connectivity index (χ0) is 15.8. The molecule has 0 aromatic carbocycles. The molecule has 120 valence electrons. The first-order valence-corrected chi connectivity index (χ1v) is 7.98. The molecule has 0 saturated carbocycles. The molecule has 1 heterocycles. The standard InChI is InChI=1S/C16H31N5/c1-7-9-14-19-15(17-5)13(4)16(20-14)18-10-8-11-21(6)12(2)3/h12H,7-11H2,1-6H3,(H2,17,18,19,20). The van der Waals surface area contributed by atoms with E-state index < -0.39 is 0 Å². The summed E-state index contributed by atoms with van der Waals surface area (Å²) in [5.41, 5.74) is 1.09. The number of nitrogens with one attached hydrogen (secondary N) is 2.